The van der Waals surface area contributed by atoms with E-state index in [2.05, 4.69) is 15.3 Å². The second-order valence-corrected chi connectivity index (χ2v) is 6.72. The summed E-state index contributed by atoms with van der Waals surface area (Å²) in [7, 11) is 0. The van der Waals surface area contributed by atoms with Crippen LogP contribution in [0.3, 0.4) is 0 Å². The first-order valence-electron chi connectivity index (χ1n) is 9.01. The zero-order valence-corrected chi connectivity index (χ0v) is 16.1. The van der Waals surface area contributed by atoms with E-state index in [1.165, 1.54) is 4.90 Å². The van der Waals surface area contributed by atoms with Crippen LogP contribution in [0, 0.1) is 0 Å². The zero-order valence-electron chi connectivity index (χ0n) is 15.3. The minimum Gasteiger partial charge on any atom is -0.487 e. The Balaban J connectivity index is 1.50. The lowest BCUT2D eigenvalue weighted by Crippen LogP contribution is -2.28. The summed E-state index contributed by atoms with van der Waals surface area (Å²) in [4.78, 5) is 21.5. The molecule has 0 spiro atoms. The predicted molar refractivity (Wildman–Crippen MR) is 104 cm³/mol. The number of halogens is 2. The standard InChI is InChI=1S/C19H18ClFN4O4/c20-18-23-16-14(17(24-18)22-9-12-3-2-8-27-12)4-1-5-15(16)28-11-13-10-25(7-6-21)19(26)29-13/h1-5,8,13H,6-7,9-11H2,(H,22,23,24). The number of para-hydroxylation sites is 1. The number of nitrogens with zero attached hydrogens (tertiary/aromatic N) is 3. The number of amides is 1. The molecule has 1 fully saturated rings. The number of benzene rings is 1. The Kier molecular flexibility index (Phi) is 5.66. The molecule has 3 aromatic rings. The average molecular weight is 421 g/mol. The van der Waals surface area contributed by atoms with Crippen molar-refractivity contribution in [2.24, 2.45) is 0 Å². The van der Waals surface area contributed by atoms with Crippen molar-refractivity contribution < 1.29 is 23.1 Å². The Morgan fingerprint density at radius 1 is 1.31 bits per heavy atom. The van der Waals surface area contributed by atoms with E-state index in [1.54, 1.807) is 18.4 Å². The highest BCUT2D eigenvalue weighted by atomic mass is 35.5. The summed E-state index contributed by atoms with van der Waals surface area (Å²) in [6, 6.07) is 9.06. The summed E-state index contributed by atoms with van der Waals surface area (Å²) in [6.07, 6.45) is 0.570. The number of aromatic nitrogens is 2. The van der Waals surface area contributed by atoms with Crippen molar-refractivity contribution in [1.82, 2.24) is 14.9 Å². The fraction of sp³-hybridized carbons (Fsp3) is 0.316. The number of ether oxygens (including phenoxy) is 2. The Hall–Kier alpha value is -3.07. The molecule has 0 radical (unpaired) electrons. The number of furan rings is 1. The van der Waals surface area contributed by atoms with Crippen LogP contribution < -0.4 is 10.1 Å². The van der Waals surface area contributed by atoms with Crippen molar-refractivity contribution in [3.63, 3.8) is 0 Å². The molecule has 2 aromatic heterocycles. The van der Waals surface area contributed by atoms with Crippen LogP contribution in [0.4, 0.5) is 15.0 Å². The van der Waals surface area contributed by atoms with Crippen LogP contribution in [-0.4, -0.2) is 53.4 Å². The maximum absolute atomic E-state index is 12.5. The van der Waals surface area contributed by atoms with E-state index in [-0.39, 0.29) is 25.0 Å². The molecule has 0 saturated carbocycles. The van der Waals surface area contributed by atoms with Gasteiger partial charge in [-0.15, -0.1) is 0 Å². The van der Waals surface area contributed by atoms with Crippen LogP contribution in [0.25, 0.3) is 10.9 Å². The lowest BCUT2D eigenvalue weighted by Gasteiger charge is -2.14. The molecule has 1 amide bonds. The first-order chi connectivity index (χ1) is 14.1. The molecule has 0 bridgehead atoms. The largest absolute Gasteiger partial charge is 0.487 e. The van der Waals surface area contributed by atoms with Gasteiger partial charge in [-0.1, -0.05) is 6.07 Å². The molecule has 1 saturated heterocycles. The molecule has 152 valence electrons. The van der Waals surface area contributed by atoms with Gasteiger partial charge < -0.3 is 24.1 Å². The number of carbonyl (C=O) groups is 1. The molecule has 8 nitrogen and oxygen atoms in total. The van der Waals surface area contributed by atoms with Gasteiger partial charge in [-0.05, 0) is 35.9 Å². The summed E-state index contributed by atoms with van der Waals surface area (Å²) in [5, 5.41) is 3.97. The van der Waals surface area contributed by atoms with Gasteiger partial charge in [0.1, 0.15) is 36.1 Å². The minimum atomic E-state index is -0.616. The number of rotatable bonds is 8. The first-order valence-corrected chi connectivity index (χ1v) is 9.38. The molecule has 0 aliphatic carbocycles. The Bertz CT molecular complexity index is 1000. The first kappa shape index (κ1) is 19.3. The Morgan fingerprint density at radius 3 is 3.00 bits per heavy atom. The van der Waals surface area contributed by atoms with Gasteiger partial charge in [0.2, 0.25) is 5.28 Å². The number of carbonyl (C=O) groups excluding carboxylic acids is 1. The fourth-order valence-electron chi connectivity index (χ4n) is 3.06. The van der Waals surface area contributed by atoms with E-state index in [1.807, 2.05) is 18.2 Å². The lowest BCUT2D eigenvalue weighted by molar-refractivity contribution is 0.103. The maximum Gasteiger partial charge on any atom is 0.410 e. The van der Waals surface area contributed by atoms with Crippen LogP contribution in [0.1, 0.15) is 5.76 Å². The van der Waals surface area contributed by atoms with Crippen LogP contribution in [0.15, 0.2) is 41.0 Å². The number of anilines is 1. The van der Waals surface area contributed by atoms with Gasteiger partial charge >= 0.3 is 6.09 Å². The minimum absolute atomic E-state index is 0.0110. The number of nitrogens with one attached hydrogen (secondary N) is 1. The van der Waals surface area contributed by atoms with Crippen LogP contribution in [0.5, 0.6) is 5.75 Å². The molecule has 10 heteroatoms. The van der Waals surface area contributed by atoms with Gasteiger partial charge in [0.25, 0.3) is 0 Å². The summed E-state index contributed by atoms with van der Waals surface area (Å²) in [5.74, 6) is 1.78. The van der Waals surface area contributed by atoms with Gasteiger partial charge in [0.05, 0.1) is 25.9 Å². The van der Waals surface area contributed by atoms with E-state index in [0.29, 0.717) is 23.6 Å². The molecule has 4 rings (SSSR count). The van der Waals surface area contributed by atoms with Gasteiger partial charge in [-0.2, -0.15) is 0 Å². The second-order valence-electron chi connectivity index (χ2n) is 6.38. The van der Waals surface area contributed by atoms with Gasteiger partial charge in [0, 0.05) is 5.39 Å². The highest BCUT2D eigenvalue weighted by Crippen LogP contribution is 2.30. The number of hydrogen-bond donors (Lipinski definition) is 1. The van der Waals surface area contributed by atoms with Crippen molar-refractivity contribution in [2.45, 2.75) is 12.6 Å². The molecule has 29 heavy (non-hydrogen) atoms. The molecule has 1 aliphatic heterocycles. The number of alkyl halides is 1. The molecule has 3 heterocycles. The van der Waals surface area contributed by atoms with E-state index in [4.69, 9.17) is 25.5 Å². The maximum atomic E-state index is 12.5. The molecular weight excluding hydrogens is 403 g/mol. The van der Waals surface area contributed by atoms with Gasteiger partial charge in [-0.25, -0.2) is 19.2 Å². The quantitative estimate of drug-likeness (QED) is 0.556. The molecule has 1 N–H and O–H groups in total. The summed E-state index contributed by atoms with van der Waals surface area (Å²) in [6.45, 7) is 0.221. The lowest BCUT2D eigenvalue weighted by atomic mass is 10.2. The topological polar surface area (TPSA) is 89.7 Å². The van der Waals surface area contributed by atoms with Crippen molar-refractivity contribution in [2.75, 3.05) is 31.7 Å². The van der Waals surface area contributed by atoms with Crippen LogP contribution in [0.2, 0.25) is 5.28 Å². The van der Waals surface area contributed by atoms with Gasteiger partial charge in [0.15, 0.2) is 6.10 Å². The predicted octanol–water partition coefficient (Wildman–Crippen LogP) is 3.66. The van der Waals surface area contributed by atoms with E-state index in [9.17, 15) is 9.18 Å². The van der Waals surface area contributed by atoms with Gasteiger partial charge in [-0.3, -0.25) is 0 Å². The van der Waals surface area contributed by atoms with Crippen LogP contribution >= 0.6 is 11.6 Å². The number of fused-ring (bicyclic) bond motifs is 1. The third kappa shape index (κ3) is 4.34. The molecular formula is C19H18ClFN4O4. The van der Waals surface area contributed by atoms with E-state index < -0.39 is 18.9 Å². The SMILES string of the molecule is O=C1OC(COc2cccc3c(NCc4ccco4)nc(Cl)nc23)CN1CCF. The van der Waals surface area contributed by atoms with Crippen LogP contribution in [-0.2, 0) is 11.3 Å². The number of cyclic esters (lactones) is 1. The van der Waals surface area contributed by atoms with Crippen molar-refractivity contribution in [3.05, 3.63) is 47.6 Å². The summed E-state index contributed by atoms with van der Waals surface area (Å²) >= 11 is 6.10. The third-order valence-corrected chi connectivity index (χ3v) is 4.57. The summed E-state index contributed by atoms with van der Waals surface area (Å²) in [5.41, 5.74) is 0.527. The van der Waals surface area contributed by atoms with E-state index >= 15 is 0 Å². The monoisotopic (exact) mass is 420 g/mol. The highest BCUT2D eigenvalue weighted by Gasteiger charge is 2.31. The fourth-order valence-corrected chi connectivity index (χ4v) is 3.23. The smallest absolute Gasteiger partial charge is 0.410 e. The van der Waals surface area contributed by atoms with Crippen molar-refractivity contribution >= 4 is 34.4 Å². The molecule has 1 aliphatic rings. The second kappa shape index (κ2) is 8.52. The number of hydrogen-bond acceptors (Lipinski definition) is 7. The summed E-state index contributed by atoms with van der Waals surface area (Å²) < 4.78 is 28.8. The average Bonchev–Trinajstić information content (AvgIpc) is 3.35. The Morgan fingerprint density at radius 2 is 2.21 bits per heavy atom. The highest BCUT2D eigenvalue weighted by molar-refractivity contribution is 6.29. The molecule has 1 atom stereocenters. The Labute approximate surface area is 170 Å². The van der Waals surface area contributed by atoms with Crippen molar-refractivity contribution in [3.8, 4) is 5.75 Å². The van der Waals surface area contributed by atoms with Crippen molar-refractivity contribution in [1.29, 1.82) is 0 Å². The third-order valence-electron chi connectivity index (χ3n) is 4.40. The molecule has 1 unspecified atom stereocenters. The van der Waals surface area contributed by atoms with E-state index in [0.717, 1.165) is 11.1 Å². The zero-order chi connectivity index (χ0) is 20.2. The normalized spacial score (nSPS) is 16.3. The molecule has 1 aromatic carbocycles.